The highest BCUT2D eigenvalue weighted by Crippen LogP contribution is 2.47. The number of halogens is 1. The third-order valence-electron chi connectivity index (χ3n) is 6.20. The third-order valence-corrected chi connectivity index (χ3v) is 6.74. The van der Waals surface area contributed by atoms with Gasteiger partial charge in [0.15, 0.2) is 0 Å². The zero-order chi connectivity index (χ0) is 20.2. The summed E-state index contributed by atoms with van der Waals surface area (Å²) in [5.41, 5.74) is 7.24. The molecule has 27 heavy (non-hydrogen) atoms. The van der Waals surface area contributed by atoms with Crippen LogP contribution in [0.15, 0.2) is 46.1 Å². The topological polar surface area (TPSA) is 9.23 Å². The first-order chi connectivity index (χ1) is 12.6. The summed E-state index contributed by atoms with van der Waals surface area (Å²) >= 11 is 6.96. The fourth-order valence-electron chi connectivity index (χ4n) is 4.20. The quantitative estimate of drug-likeness (QED) is 0.288. The van der Waals surface area contributed by atoms with Gasteiger partial charge in [-0.3, -0.25) is 0 Å². The Labute approximate surface area is 173 Å². The van der Waals surface area contributed by atoms with Gasteiger partial charge in [0, 0.05) is 6.61 Å². The van der Waals surface area contributed by atoms with E-state index >= 15 is 0 Å². The summed E-state index contributed by atoms with van der Waals surface area (Å²) in [6.07, 6.45) is 13.3. The predicted octanol–water partition coefficient (Wildman–Crippen LogP) is 7.91. The monoisotopic (exact) mass is 388 g/mol. The van der Waals surface area contributed by atoms with Crippen molar-refractivity contribution in [2.45, 2.75) is 97.8 Å². The van der Waals surface area contributed by atoms with Crippen molar-refractivity contribution in [3.8, 4) is 0 Å². The van der Waals surface area contributed by atoms with Gasteiger partial charge in [-0.2, -0.15) is 11.5 Å². The highest BCUT2D eigenvalue weighted by molar-refractivity contribution is 7.09. The molecule has 150 valence electrons. The largest absolute Gasteiger partial charge is 0.376 e. The summed E-state index contributed by atoms with van der Waals surface area (Å²) < 4.78 is 5.79. The van der Waals surface area contributed by atoms with Gasteiger partial charge >= 0.3 is 0 Å². The van der Waals surface area contributed by atoms with Gasteiger partial charge < -0.3 is 4.74 Å². The Balaban J connectivity index is 1.75. The van der Waals surface area contributed by atoms with Gasteiger partial charge in [-0.1, -0.05) is 47.8 Å². The molecule has 0 aliphatic heterocycles. The molecule has 0 aromatic rings. The van der Waals surface area contributed by atoms with Crippen molar-refractivity contribution in [2.24, 2.45) is 0 Å². The van der Waals surface area contributed by atoms with Crippen LogP contribution in [0.4, 0.5) is 0 Å². The zero-order valence-corrected chi connectivity index (χ0v) is 19.2. The van der Waals surface area contributed by atoms with Crippen LogP contribution in [0.5, 0.6) is 0 Å². The Morgan fingerprint density at radius 2 is 1.56 bits per heavy atom. The van der Waals surface area contributed by atoms with E-state index in [2.05, 4.69) is 66.7 Å². The molecule has 0 N–H and O–H groups in total. The van der Waals surface area contributed by atoms with Crippen molar-refractivity contribution < 1.29 is 4.74 Å². The fraction of sp³-hybridized carbons (Fsp3) is 0.667. The van der Waals surface area contributed by atoms with E-state index in [1.165, 1.54) is 53.5 Å². The van der Waals surface area contributed by atoms with Crippen LogP contribution in [0.1, 0.15) is 80.6 Å². The number of allylic oxidation sites excluding steroid dienone is 8. The molecule has 0 bridgehead atoms. The van der Waals surface area contributed by atoms with Crippen LogP contribution in [0, 0.1) is 0 Å². The van der Waals surface area contributed by atoms with Gasteiger partial charge in [0.2, 0.25) is 0 Å². The van der Waals surface area contributed by atoms with Crippen LogP contribution in [-0.4, -0.2) is 18.3 Å². The predicted molar refractivity (Wildman–Crippen MR) is 122 cm³/mol. The molecular weight excluding hydrogens is 351 g/mol. The first-order valence-electron chi connectivity index (χ1n) is 10.6. The second-order valence-corrected chi connectivity index (χ2v) is 9.85. The smallest absolute Gasteiger partial charge is 0.272 e. The summed E-state index contributed by atoms with van der Waals surface area (Å²) in [6, 6.07) is 0. The van der Waals surface area contributed by atoms with Crippen molar-refractivity contribution in [3.63, 3.8) is 0 Å². The van der Waals surface area contributed by atoms with E-state index < -0.39 is 0 Å². The first-order valence-corrected chi connectivity index (χ1v) is 11.1. The lowest BCUT2D eigenvalue weighted by Gasteiger charge is -2.21. The Kier molecular flexibility index (Phi) is 8.07. The summed E-state index contributed by atoms with van der Waals surface area (Å²) in [5.74, 6) is 0.746. The third kappa shape index (κ3) is 6.13. The average molecular weight is 389 g/mol. The lowest BCUT2D eigenvalue weighted by Crippen LogP contribution is -2.19. The van der Waals surface area contributed by atoms with E-state index in [0.717, 1.165) is 13.0 Å². The molecule has 0 amide bonds. The maximum Gasteiger partial charge on any atom is 0.272 e. The molecule has 0 saturated carbocycles. The van der Waals surface area contributed by atoms with Crippen LogP contribution in [0.25, 0.3) is 0 Å². The number of hydrogen-bond acceptors (Lipinski definition) is 1. The van der Waals surface area contributed by atoms with Gasteiger partial charge in [0.05, 0.1) is 5.60 Å². The molecule has 2 rings (SSSR count). The second kappa shape index (κ2) is 9.66. The standard InChI is InChI=1S/C24H38BClO/c1-17-18(2)20(4)23(19(17)3)25(26)22-14-13-21(16-22)12-10-8-9-11-15-27-24(5,6)7/h13-14,16,22-23H,8-12,15H2,1-7H3. The zero-order valence-electron chi connectivity index (χ0n) is 18.5. The minimum Gasteiger partial charge on any atom is -0.376 e. The Hall–Kier alpha value is -0.725. The second-order valence-electron chi connectivity index (χ2n) is 9.34. The van der Waals surface area contributed by atoms with Crippen molar-refractivity contribution in [3.05, 3.63) is 46.1 Å². The summed E-state index contributed by atoms with van der Waals surface area (Å²) in [4.78, 5) is 0. The molecule has 1 atom stereocenters. The van der Waals surface area contributed by atoms with E-state index in [-0.39, 0.29) is 11.7 Å². The molecular formula is C24H38BClO. The van der Waals surface area contributed by atoms with Gasteiger partial charge in [-0.15, -0.1) is 0 Å². The molecule has 0 saturated heterocycles. The van der Waals surface area contributed by atoms with Gasteiger partial charge in [0.1, 0.15) is 0 Å². The molecule has 1 nitrogen and oxygen atoms in total. The van der Waals surface area contributed by atoms with Crippen molar-refractivity contribution in [2.75, 3.05) is 6.61 Å². The Morgan fingerprint density at radius 3 is 2.15 bits per heavy atom. The van der Waals surface area contributed by atoms with E-state index in [4.69, 9.17) is 16.2 Å². The van der Waals surface area contributed by atoms with Crippen molar-refractivity contribution in [1.82, 2.24) is 0 Å². The summed E-state index contributed by atoms with van der Waals surface area (Å²) in [6.45, 7) is 16.2. The van der Waals surface area contributed by atoms with Gasteiger partial charge in [0.25, 0.3) is 6.13 Å². The molecule has 0 aromatic carbocycles. The van der Waals surface area contributed by atoms with Crippen LogP contribution in [0.2, 0.25) is 11.6 Å². The number of rotatable bonds is 9. The van der Waals surface area contributed by atoms with E-state index in [0.29, 0.717) is 11.6 Å². The normalized spacial score (nSPS) is 20.9. The Bertz CT molecular complexity index is 624. The number of ether oxygens (including phenoxy) is 1. The lowest BCUT2D eigenvalue weighted by molar-refractivity contribution is -0.00473. The molecule has 2 aliphatic rings. The molecule has 0 radical (unpaired) electrons. The van der Waals surface area contributed by atoms with E-state index in [1.54, 1.807) is 0 Å². The maximum absolute atomic E-state index is 6.96. The molecule has 0 aromatic heterocycles. The maximum atomic E-state index is 6.96. The Morgan fingerprint density at radius 1 is 0.963 bits per heavy atom. The highest BCUT2D eigenvalue weighted by Gasteiger charge is 2.37. The molecule has 1 unspecified atom stereocenters. The minimum atomic E-state index is -0.00987. The summed E-state index contributed by atoms with van der Waals surface area (Å²) in [5, 5.41) is 0. The van der Waals surface area contributed by atoms with Crippen molar-refractivity contribution >= 4 is 17.6 Å². The van der Waals surface area contributed by atoms with E-state index in [9.17, 15) is 0 Å². The van der Waals surface area contributed by atoms with Crippen LogP contribution in [-0.2, 0) is 4.74 Å². The average Bonchev–Trinajstić information content (AvgIpc) is 3.13. The highest BCUT2D eigenvalue weighted by atomic mass is 35.5. The number of hydrogen-bond donors (Lipinski definition) is 0. The molecule has 0 heterocycles. The SMILES string of the molecule is CC1=C(C)C(B(Cl)C2C=CC(CCCCCCOC(C)(C)C)=C2)C(C)=C1C. The molecule has 0 fully saturated rings. The van der Waals surface area contributed by atoms with Crippen LogP contribution >= 0.6 is 11.5 Å². The summed E-state index contributed by atoms with van der Waals surface area (Å²) in [7, 11) is 0. The molecule has 0 spiro atoms. The number of unbranched alkanes of at least 4 members (excludes halogenated alkanes) is 3. The van der Waals surface area contributed by atoms with Gasteiger partial charge in [-0.05, 0) is 90.5 Å². The van der Waals surface area contributed by atoms with Gasteiger partial charge in [-0.25, -0.2) is 0 Å². The van der Waals surface area contributed by atoms with Crippen LogP contribution in [0.3, 0.4) is 0 Å². The fourth-order valence-corrected chi connectivity index (χ4v) is 4.74. The molecule has 2 aliphatic carbocycles. The minimum absolute atomic E-state index is 0.00987. The van der Waals surface area contributed by atoms with E-state index in [1.807, 2.05) is 0 Å². The lowest BCUT2D eigenvalue weighted by atomic mass is 9.50. The first kappa shape index (κ1) is 22.6. The van der Waals surface area contributed by atoms with Crippen LogP contribution < -0.4 is 0 Å². The van der Waals surface area contributed by atoms with Crippen molar-refractivity contribution in [1.29, 1.82) is 0 Å². The molecule has 3 heteroatoms.